The van der Waals surface area contributed by atoms with Crippen molar-refractivity contribution in [2.75, 3.05) is 0 Å². The van der Waals surface area contributed by atoms with E-state index in [1.54, 1.807) is 0 Å². The normalized spacial score (nSPS) is 29.2. The Labute approximate surface area is 119 Å². The summed E-state index contributed by atoms with van der Waals surface area (Å²) in [7, 11) is 0. The van der Waals surface area contributed by atoms with Crippen LogP contribution in [0, 0.1) is 15.4 Å². The highest BCUT2D eigenvalue weighted by molar-refractivity contribution is 14.1. The summed E-state index contributed by atoms with van der Waals surface area (Å²) in [5.41, 5.74) is 1.40. The van der Waals surface area contributed by atoms with Crippen LogP contribution in [-0.4, -0.2) is 6.04 Å². The molecule has 2 rings (SSSR count). The van der Waals surface area contributed by atoms with Gasteiger partial charge in [0.15, 0.2) is 0 Å². The Kier molecular flexibility index (Phi) is 4.86. The van der Waals surface area contributed by atoms with E-state index in [9.17, 15) is 0 Å². The first-order valence-corrected chi connectivity index (χ1v) is 7.71. The molecule has 0 saturated heterocycles. The molecule has 2 heteroatoms. The smallest absolute Gasteiger partial charge is 0.0208 e. The molecular formula is C15H22IN. The number of benzene rings is 1. The molecule has 1 aromatic carbocycles. The van der Waals surface area contributed by atoms with Crippen LogP contribution in [0.25, 0.3) is 0 Å². The van der Waals surface area contributed by atoms with Gasteiger partial charge < -0.3 is 5.32 Å². The monoisotopic (exact) mass is 343 g/mol. The third-order valence-electron chi connectivity index (χ3n) is 3.91. The van der Waals surface area contributed by atoms with Crippen molar-refractivity contribution < 1.29 is 0 Å². The van der Waals surface area contributed by atoms with E-state index in [4.69, 9.17) is 0 Å². The van der Waals surface area contributed by atoms with Gasteiger partial charge in [0.1, 0.15) is 0 Å². The third kappa shape index (κ3) is 3.95. The molecule has 17 heavy (non-hydrogen) atoms. The van der Waals surface area contributed by atoms with Gasteiger partial charge in [0.05, 0.1) is 0 Å². The lowest BCUT2D eigenvalue weighted by Gasteiger charge is -2.33. The zero-order valence-corrected chi connectivity index (χ0v) is 12.9. The minimum absolute atomic E-state index is 0.713. The van der Waals surface area contributed by atoms with Crippen LogP contribution in [0.2, 0.25) is 0 Å². The van der Waals surface area contributed by atoms with Gasteiger partial charge in [0.2, 0.25) is 0 Å². The molecule has 1 aliphatic rings. The maximum atomic E-state index is 3.73. The molecule has 1 N–H and O–H groups in total. The van der Waals surface area contributed by atoms with Crippen LogP contribution in [-0.2, 0) is 6.54 Å². The Morgan fingerprint density at radius 3 is 2.53 bits per heavy atom. The van der Waals surface area contributed by atoms with E-state index in [2.05, 4.69) is 66.0 Å². The molecule has 3 atom stereocenters. The summed E-state index contributed by atoms with van der Waals surface area (Å²) in [5.74, 6) is 1.74. The molecule has 1 saturated carbocycles. The Hall–Kier alpha value is -0.0900. The molecule has 0 amide bonds. The Balaban J connectivity index is 1.83. The molecule has 94 valence electrons. The van der Waals surface area contributed by atoms with E-state index in [1.165, 1.54) is 28.4 Å². The molecule has 0 aliphatic heterocycles. The van der Waals surface area contributed by atoms with E-state index in [-0.39, 0.29) is 0 Å². The van der Waals surface area contributed by atoms with Gasteiger partial charge in [0.25, 0.3) is 0 Å². The third-order valence-corrected chi connectivity index (χ3v) is 4.63. The zero-order chi connectivity index (χ0) is 12.3. The SMILES string of the molecule is CC1CCC(NCc2ccc(I)cc2)C(C)C1. The summed E-state index contributed by atoms with van der Waals surface area (Å²) < 4.78 is 1.31. The van der Waals surface area contributed by atoms with E-state index in [0.717, 1.165) is 18.4 Å². The van der Waals surface area contributed by atoms with Crippen molar-refractivity contribution in [1.29, 1.82) is 0 Å². The molecule has 1 aromatic rings. The maximum Gasteiger partial charge on any atom is 0.0208 e. The average Bonchev–Trinajstić information content (AvgIpc) is 2.30. The minimum atomic E-state index is 0.713. The lowest BCUT2D eigenvalue weighted by molar-refractivity contribution is 0.227. The van der Waals surface area contributed by atoms with Crippen LogP contribution in [0.1, 0.15) is 38.7 Å². The van der Waals surface area contributed by atoms with Gasteiger partial charge in [-0.2, -0.15) is 0 Å². The van der Waals surface area contributed by atoms with Gasteiger partial charge in [-0.15, -0.1) is 0 Å². The minimum Gasteiger partial charge on any atom is -0.310 e. The molecule has 0 heterocycles. The standard InChI is InChI=1S/C15H22IN/c1-11-3-8-15(12(2)9-11)17-10-13-4-6-14(16)7-5-13/h4-7,11-12,15,17H,3,8-10H2,1-2H3. The van der Waals surface area contributed by atoms with Crippen molar-refractivity contribution in [2.24, 2.45) is 11.8 Å². The van der Waals surface area contributed by atoms with Gasteiger partial charge in [0, 0.05) is 16.2 Å². The van der Waals surface area contributed by atoms with Crippen molar-refractivity contribution in [3.05, 3.63) is 33.4 Å². The predicted molar refractivity (Wildman–Crippen MR) is 82.0 cm³/mol. The lowest BCUT2D eigenvalue weighted by Crippen LogP contribution is -2.38. The molecular weight excluding hydrogens is 321 g/mol. The van der Waals surface area contributed by atoms with Gasteiger partial charge in [-0.25, -0.2) is 0 Å². The van der Waals surface area contributed by atoms with Crippen LogP contribution in [0.15, 0.2) is 24.3 Å². The van der Waals surface area contributed by atoms with E-state index >= 15 is 0 Å². The maximum absolute atomic E-state index is 3.73. The highest BCUT2D eigenvalue weighted by Gasteiger charge is 2.24. The summed E-state index contributed by atoms with van der Waals surface area (Å²) in [6.45, 7) is 5.79. The number of nitrogens with one attached hydrogen (secondary N) is 1. The van der Waals surface area contributed by atoms with Gasteiger partial charge in [-0.3, -0.25) is 0 Å². The first-order chi connectivity index (χ1) is 8.15. The van der Waals surface area contributed by atoms with Gasteiger partial charge in [-0.05, 0) is 71.4 Å². The fraction of sp³-hybridized carbons (Fsp3) is 0.600. The molecule has 1 fully saturated rings. The summed E-state index contributed by atoms with van der Waals surface area (Å²) in [6, 6.07) is 9.54. The largest absolute Gasteiger partial charge is 0.310 e. The predicted octanol–water partition coefficient (Wildman–Crippen LogP) is 4.21. The van der Waals surface area contributed by atoms with Crippen LogP contribution in [0.5, 0.6) is 0 Å². The van der Waals surface area contributed by atoms with Crippen LogP contribution in [0.3, 0.4) is 0 Å². The van der Waals surface area contributed by atoms with Crippen molar-refractivity contribution >= 4 is 22.6 Å². The molecule has 1 aliphatic carbocycles. The van der Waals surface area contributed by atoms with Crippen molar-refractivity contribution in [1.82, 2.24) is 5.32 Å². The highest BCUT2D eigenvalue weighted by Crippen LogP contribution is 2.28. The molecule has 3 unspecified atom stereocenters. The number of rotatable bonds is 3. The second-order valence-electron chi connectivity index (χ2n) is 5.51. The molecule has 1 nitrogen and oxygen atoms in total. The Bertz CT molecular complexity index is 346. The number of hydrogen-bond acceptors (Lipinski definition) is 1. The Morgan fingerprint density at radius 2 is 1.88 bits per heavy atom. The van der Waals surface area contributed by atoms with E-state index < -0.39 is 0 Å². The summed E-state index contributed by atoms with van der Waals surface area (Å²) in [5, 5.41) is 3.73. The van der Waals surface area contributed by atoms with Gasteiger partial charge in [-0.1, -0.05) is 26.0 Å². The molecule has 0 spiro atoms. The first-order valence-electron chi connectivity index (χ1n) is 6.63. The highest BCUT2D eigenvalue weighted by atomic mass is 127. The van der Waals surface area contributed by atoms with Crippen LogP contribution >= 0.6 is 22.6 Å². The van der Waals surface area contributed by atoms with Crippen LogP contribution < -0.4 is 5.32 Å². The van der Waals surface area contributed by atoms with Crippen LogP contribution in [0.4, 0.5) is 0 Å². The molecule has 0 aromatic heterocycles. The van der Waals surface area contributed by atoms with E-state index in [1.807, 2.05) is 0 Å². The second-order valence-corrected chi connectivity index (χ2v) is 6.76. The molecule has 0 bridgehead atoms. The van der Waals surface area contributed by atoms with Crippen molar-refractivity contribution in [2.45, 2.75) is 45.7 Å². The summed E-state index contributed by atoms with van der Waals surface area (Å²) in [4.78, 5) is 0. The van der Waals surface area contributed by atoms with Crippen molar-refractivity contribution in [3.63, 3.8) is 0 Å². The fourth-order valence-corrected chi connectivity index (χ4v) is 3.18. The molecule has 0 radical (unpaired) electrons. The summed E-state index contributed by atoms with van der Waals surface area (Å²) >= 11 is 2.35. The fourth-order valence-electron chi connectivity index (χ4n) is 2.82. The lowest BCUT2D eigenvalue weighted by atomic mass is 9.80. The second kappa shape index (κ2) is 6.19. The first kappa shape index (κ1) is 13.3. The van der Waals surface area contributed by atoms with E-state index in [0.29, 0.717) is 6.04 Å². The number of hydrogen-bond donors (Lipinski definition) is 1. The quantitative estimate of drug-likeness (QED) is 0.811. The average molecular weight is 343 g/mol. The number of halogens is 1. The van der Waals surface area contributed by atoms with Crippen molar-refractivity contribution in [3.8, 4) is 0 Å². The summed E-state index contributed by atoms with van der Waals surface area (Å²) in [6.07, 6.45) is 4.10. The Morgan fingerprint density at radius 1 is 1.18 bits per heavy atom. The van der Waals surface area contributed by atoms with Gasteiger partial charge >= 0.3 is 0 Å². The topological polar surface area (TPSA) is 12.0 Å². The zero-order valence-electron chi connectivity index (χ0n) is 10.7.